The van der Waals surface area contributed by atoms with Gasteiger partial charge < -0.3 is 14.2 Å². The SMILES string of the molecule is COC(=O)[C@H](C)Oc1ccc(OC#N)cc1. The van der Waals surface area contributed by atoms with Gasteiger partial charge in [0.25, 0.3) is 6.26 Å². The lowest BCUT2D eigenvalue weighted by Gasteiger charge is -2.12. The third kappa shape index (κ3) is 3.17. The van der Waals surface area contributed by atoms with Crippen LogP contribution in [0, 0.1) is 11.5 Å². The lowest BCUT2D eigenvalue weighted by molar-refractivity contribution is -0.147. The van der Waals surface area contributed by atoms with Crippen LogP contribution in [-0.4, -0.2) is 19.2 Å². The highest BCUT2D eigenvalue weighted by Gasteiger charge is 2.14. The monoisotopic (exact) mass is 221 g/mol. The zero-order valence-electron chi connectivity index (χ0n) is 8.97. The highest BCUT2D eigenvalue weighted by Crippen LogP contribution is 2.18. The van der Waals surface area contributed by atoms with Crippen molar-refractivity contribution in [2.45, 2.75) is 13.0 Å². The Labute approximate surface area is 93.2 Å². The van der Waals surface area contributed by atoms with Crippen LogP contribution in [-0.2, 0) is 9.53 Å². The number of methoxy groups -OCH3 is 1. The Bertz CT molecular complexity index is 393. The molecule has 0 fully saturated rings. The van der Waals surface area contributed by atoms with Crippen LogP contribution >= 0.6 is 0 Å². The van der Waals surface area contributed by atoms with Crippen LogP contribution < -0.4 is 9.47 Å². The number of esters is 1. The summed E-state index contributed by atoms with van der Waals surface area (Å²) < 4.78 is 14.4. The second kappa shape index (κ2) is 5.61. The Hall–Kier alpha value is -2.22. The molecule has 0 radical (unpaired) electrons. The third-order valence-corrected chi connectivity index (χ3v) is 1.83. The number of hydrogen-bond acceptors (Lipinski definition) is 5. The molecular weight excluding hydrogens is 210 g/mol. The number of carbonyl (C=O) groups is 1. The molecule has 0 aliphatic carbocycles. The van der Waals surface area contributed by atoms with Gasteiger partial charge in [0, 0.05) is 0 Å². The summed E-state index contributed by atoms with van der Waals surface area (Å²) in [5.74, 6) is 0.473. The summed E-state index contributed by atoms with van der Waals surface area (Å²) in [5, 5.41) is 8.27. The van der Waals surface area contributed by atoms with E-state index in [0.29, 0.717) is 11.5 Å². The molecule has 0 heterocycles. The summed E-state index contributed by atoms with van der Waals surface area (Å²) in [7, 11) is 1.30. The molecule has 1 aromatic carbocycles. The van der Waals surface area contributed by atoms with Crippen LogP contribution in [0.3, 0.4) is 0 Å². The first-order chi connectivity index (χ1) is 7.67. The Morgan fingerprint density at radius 2 is 1.88 bits per heavy atom. The van der Waals surface area contributed by atoms with Gasteiger partial charge in [-0.15, -0.1) is 5.26 Å². The normalized spacial score (nSPS) is 11.1. The second-order valence-corrected chi connectivity index (χ2v) is 2.95. The molecule has 0 amide bonds. The van der Waals surface area contributed by atoms with Crippen LogP contribution in [0.2, 0.25) is 0 Å². The summed E-state index contributed by atoms with van der Waals surface area (Å²) in [6, 6.07) is 6.35. The smallest absolute Gasteiger partial charge is 0.346 e. The molecule has 0 N–H and O–H groups in total. The topological polar surface area (TPSA) is 68.6 Å². The minimum Gasteiger partial charge on any atom is -0.479 e. The van der Waals surface area contributed by atoms with Gasteiger partial charge in [-0.25, -0.2) is 4.79 Å². The molecule has 1 rings (SSSR count). The molecule has 0 unspecified atom stereocenters. The van der Waals surface area contributed by atoms with Crippen molar-refractivity contribution in [1.29, 1.82) is 5.26 Å². The van der Waals surface area contributed by atoms with Crippen molar-refractivity contribution >= 4 is 5.97 Å². The molecule has 1 atom stereocenters. The van der Waals surface area contributed by atoms with Crippen molar-refractivity contribution in [3.05, 3.63) is 24.3 Å². The first-order valence-electron chi connectivity index (χ1n) is 4.58. The molecule has 84 valence electrons. The van der Waals surface area contributed by atoms with E-state index in [1.165, 1.54) is 7.11 Å². The molecule has 1 aromatic rings. The van der Waals surface area contributed by atoms with Crippen LogP contribution in [0.4, 0.5) is 0 Å². The van der Waals surface area contributed by atoms with Crippen molar-refractivity contribution < 1.29 is 19.0 Å². The predicted molar refractivity (Wildman–Crippen MR) is 54.8 cm³/mol. The third-order valence-electron chi connectivity index (χ3n) is 1.83. The van der Waals surface area contributed by atoms with E-state index >= 15 is 0 Å². The molecule has 0 saturated heterocycles. The summed E-state index contributed by atoms with van der Waals surface area (Å²) in [6.45, 7) is 1.59. The molecule has 0 aromatic heterocycles. The van der Waals surface area contributed by atoms with E-state index in [1.54, 1.807) is 37.4 Å². The van der Waals surface area contributed by atoms with E-state index in [-0.39, 0.29) is 0 Å². The lowest BCUT2D eigenvalue weighted by Crippen LogP contribution is -2.24. The average Bonchev–Trinajstić information content (AvgIpc) is 2.31. The highest BCUT2D eigenvalue weighted by atomic mass is 16.6. The van der Waals surface area contributed by atoms with E-state index in [2.05, 4.69) is 9.47 Å². The molecule has 0 aliphatic rings. The van der Waals surface area contributed by atoms with Gasteiger partial charge in [-0.2, -0.15) is 0 Å². The molecule has 5 heteroatoms. The van der Waals surface area contributed by atoms with E-state index in [4.69, 9.17) is 10.00 Å². The zero-order chi connectivity index (χ0) is 12.0. The second-order valence-electron chi connectivity index (χ2n) is 2.95. The van der Waals surface area contributed by atoms with Gasteiger partial charge in [-0.3, -0.25) is 0 Å². The minimum absolute atomic E-state index is 0.417. The fraction of sp³-hybridized carbons (Fsp3) is 0.273. The van der Waals surface area contributed by atoms with Gasteiger partial charge in [0.2, 0.25) is 0 Å². The van der Waals surface area contributed by atoms with E-state index in [0.717, 1.165) is 0 Å². The molecular formula is C11H11NO4. The van der Waals surface area contributed by atoms with Gasteiger partial charge in [-0.1, -0.05) is 0 Å². The summed E-state index contributed by atoms with van der Waals surface area (Å²) in [4.78, 5) is 11.1. The van der Waals surface area contributed by atoms with Gasteiger partial charge in [0.15, 0.2) is 6.10 Å². The summed E-state index contributed by atoms with van der Waals surface area (Å²) in [5.41, 5.74) is 0. The maximum Gasteiger partial charge on any atom is 0.346 e. The first kappa shape index (κ1) is 11.9. The minimum atomic E-state index is -0.673. The van der Waals surface area contributed by atoms with Crippen LogP contribution in [0.1, 0.15) is 6.92 Å². The first-order valence-corrected chi connectivity index (χ1v) is 4.58. The number of ether oxygens (including phenoxy) is 3. The van der Waals surface area contributed by atoms with Crippen LogP contribution in [0.15, 0.2) is 24.3 Å². The zero-order valence-corrected chi connectivity index (χ0v) is 8.97. The molecule has 0 saturated carbocycles. The number of benzene rings is 1. The van der Waals surface area contributed by atoms with Gasteiger partial charge >= 0.3 is 5.97 Å². The number of nitriles is 1. The standard InChI is InChI=1S/C11H11NO4/c1-8(11(13)14-2)16-10-5-3-9(4-6-10)15-7-12/h3-6,8H,1-2H3/t8-/m0/s1. The van der Waals surface area contributed by atoms with Crippen molar-refractivity contribution in [3.63, 3.8) is 0 Å². The fourth-order valence-corrected chi connectivity index (χ4v) is 1.06. The average molecular weight is 221 g/mol. The van der Waals surface area contributed by atoms with Crippen molar-refractivity contribution in [2.24, 2.45) is 0 Å². The predicted octanol–water partition coefficient (Wildman–Crippen LogP) is 1.49. The molecule has 0 bridgehead atoms. The molecule has 5 nitrogen and oxygen atoms in total. The van der Waals surface area contributed by atoms with E-state index in [9.17, 15) is 4.79 Å². The van der Waals surface area contributed by atoms with Gasteiger partial charge in [0.1, 0.15) is 11.5 Å². The Balaban J connectivity index is 2.62. The Morgan fingerprint density at radius 1 is 1.31 bits per heavy atom. The van der Waals surface area contributed by atoms with E-state index < -0.39 is 12.1 Å². The van der Waals surface area contributed by atoms with Crippen molar-refractivity contribution in [1.82, 2.24) is 0 Å². The van der Waals surface area contributed by atoms with Gasteiger partial charge in [-0.05, 0) is 31.2 Å². The Kier molecular flexibility index (Phi) is 4.16. The number of carbonyl (C=O) groups excluding carboxylic acids is 1. The summed E-state index contributed by atoms with van der Waals surface area (Å²) in [6.07, 6.45) is 0.883. The molecule has 0 spiro atoms. The number of rotatable bonds is 4. The van der Waals surface area contributed by atoms with Crippen LogP contribution in [0.25, 0.3) is 0 Å². The van der Waals surface area contributed by atoms with Gasteiger partial charge in [0.05, 0.1) is 7.11 Å². The maximum absolute atomic E-state index is 11.1. The maximum atomic E-state index is 11.1. The lowest BCUT2D eigenvalue weighted by atomic mass is 10.3. The quantitative estimate of drug-likeness (QED) is 0.569. The van der Waals surface area contributed by atoms with Crippen LogP contribution in [0.5, 0.6) is 11.5 Å². The largest absolute Gasteiger partial charge is 0.479 e. The summed E-state index contributed by atoms with van der Waals surface area (Å²) >= 11 is 0. The highest BCUT2D eigenvalue weighted by molar-refractivity contribution is 5.74. The number of nitrogens with zero attached hydrogens (tertiary/aromatic N) is 1. The van der Waals surface area contributed by atoms with Crippen molar-refractivity contribution in [2.75, 3.05) is 7.11 Å². The van der Waals surface area contributed by atoms with Crippen molar-refractivity contribution in [3.8, 4) is 17.8 Å². The number of hydrogen-bond donors (Lipinski definition) is 0. The fourth-order valence-electron chi connectivity index (χ4n) is 1.06. The Morgan fingerprint density at radius 3 is 2.38 bits per heavy atom. The molecule has 16 heavy (non-hydrogen) atoms. The van der Waals surface area contributed by atoms with E-state index in [1.807, 2.05) is 0 Å². The molecule has 0 aliphatic heterocycles.